The van der Waals surface area contributed by atoms with Crippen molar-refractivity contribution in [3.8, 4) is 17.2 Å². The van der Waals surface area contributed by atoms with E-state index in [0.29, 0.717) is 34.6 Å². The van der Waals surface area contributed by atoms with Gasteiger partial charge < -0.3 is 24.4 Å². The van der Waals surface area contributed by atoms with E-state index >= 15 is 0 Å². The van der Waals surface area contributed by atoms with Crippen LogP contribution in [0.25, 0.3) is 0 Å². The number of likely N-dealkylation sites (tertiary alicyclic amines) is 1. The van der Waals surface area contributed by atoms with E-state index in [-0.39, 0.29) is 5.91 Å². The number of hydrogen-bond acceptors (Lipinski definition) is 5. The van der Waals surface area contributed by atoms with Crippen molar-refractivity contribution in [3.05, 3.63) is 17.7 Å². The number of amides is 1. The van der Waals surface area contributed by atoms with Crippen LogP contribution in [0.1, 0.15) is 23.2 Å². The van der Waals surface area contributed by atoms with Crippen LogP contribution in [0, 0.1) is 11.8 Å². The van der Waals surface area contributed by atoms with E-state index < -0.39 is 0 Å². The van der Waals surface area contributed by atoms with Crippen LogP contribution >= 0.6 is 0 Å². The first-order valence-corrected chi connectivity index (χ1v) is 8.48. The summed E-state index contributed by atoms with van der Waals surface area (Å²) >= 11 is 0. The Kier molecular flexibility index (Phi) is 5.14. The van der Waals surface area contributed by atoms with Crippen LogP contribution in [-0.2, 0) is 0 Å². The van der Waals surface area contributed by atoms with Crippen LogP contribution in [0.15, 0.2) is 12.1 Å². The van der Waals surface area contributed by atoms with Crippen molar-refractivity contribution in [2.24, 2.45) is 11.8 Å². The van der Waals surface area contributed by atoms with E-state index in [9.17, 15) is 4.79 Å². The summed E-state index contributed by atoms with van der Waals surface area (Å²) in [6.45, 7) is 3.73. The fourth-order valence-electron chi connectivity index (χ4n) is 3.86. The molecule has 1 N–H and O–H groups in total. The Morgan fingerprint density at radius 3 is 2.17 bits per heavy atom. The first-order chi connectivity index (χ1) is 11.7. The average molecular weight is 334 g/mol. The molecule has 6 nitrogen and oxygen atoms in total. The number of nitrogens with one attached hydrogen (secondary N) is 1. The number of fused-ring (bicyclic) bond motifs is 1. The quantitative estimate of drug-likeness (QED) is 0.910. The maximum Gasteiger partial charge on any atom is 0.257 e. The van der Waals surface area contributed by atoms with Crippen LogP contribution in [0.5, 0.6) is 17.2 Å². The van der Waals surface area contributed by atoms with Gasteiger partial charge in [-0.3, -0.25) is 4.79 Å². The van der Waals surface area contributed by atoms with Crippen molar-refractivity contribution >= 4 is 5.91 Å². The van der Waals surface area contributed by atoms with E-state index in [1.54, 1.807) is 33.5 Å². The van der Waals surface area contributed by atoms with Gasteiger partial charge in [-0.15, -0.1) is 0 Å². The Morgan fingerprint density at radius 1 is 1.00 bits per heavy atom. The number of ether oxygens (including phenoxy) is 3. The highest BCUT2D eigenvalue weighted by atomic mass is 16.5. The van der Waals surface area contributed by atoms with Crippen LogP contribution in [-0.4, -0.2) is 58.3 Å². The number of benzene rings is 1. The Hall–Kier alpha value is -1.95. The van der Waals surface area contributed by atoms with E-state index in [1.165, 1.54) is 0 Å². The molecular weight excluding hydrogens is 308 g/mol. The van der Waals surface area contributed by atoms with Gasteiger partial charge >= 0.3 is 0 Å². The van der Waals surface area contributed by atoms with E-state index in [4.69, 9.17) is 14.2 Å². The second kappa shape index (κ2) is 7.30. The Morgan fingerprint density at radius 2 is 1.62 bits per heavy atom. The lowest BCUT2D eigenvalue weighted by Gasteiger charge is -2.23. The largest absolute Gasteiger partial charge is 0.493 e. The molecule has 0 bridgehead atoms. The lowest BCUT2D eigenvalue weighted by Crippen LogP contribution is -2.33. The molecule has 0 aliphatic carbocycles. The fourth-order valence-corrected chi connectivity index (χ4v) is 3.86. The van der Waals surface area contributed by atoms with Crippen LogP contribution in [0.4, 0.5) is 0 Å². The lowest BCUT2D eigenvalue weighted by molar-refractivity contribution is 0.0754. The normalized spacial score (nSPS) is 23.4. The van der Waals surface area contributed by atoms with Crippen molar-refractivity contribution in [2.75, 3.05) is 47.5 Å². The zero-order valence-electron chi connectivity index (χ0n) is 14.6. The van der Waals surface area contributed by atoms with Gasteiger partial charge in [-0.25, -0.2) is 0 Å². The summed E-state index contributed by atoms with van der Waals surface area (Å²) in [5.41, 5.74) is 0.528. The van der Waals surface area contributed by atoms with Crippen molar-refractivity contribution in [1.29, 1.82) is 0 Å². The monoisotopic (exact) mass is 334 g/mol. The van der Waals surface area contributed by atoms with E-state index in [2.05, 4.69) is 5.32 Å². The average Bonchev–Trinajstić information content (AvgIpc) is 2.98. The molecule has 2 heterocycles. The molecule has 2 saturated heterocycles. The molecule has 1 amide bonds. The molecule has 3 rings (SSSR count). The first-order valence-electron chi connectivity index (χ1n) is 8.48. The molecule has 24 heavy (non-hydrogen) atoms. The molecule has 2 atom stereocenters. The zero-order valence-corrected chi connectivity index (χ0v) is 14.6. The molecule has 2 aliphatic heterocycles. The third-order valence-corrected chi connectivity index (χ3v) is 5.24. The Labute approximate surface area is 143 Å². The van der Waals surface area contributed by atoms with Gasteiger partial charge in [0.15, 0.2) is 11.5 Å². The van der Waals surface area contributed by atoms with Gasteiger partial charge in [-0.1, -0.05) is 0 Å². The summed E-state index contributed by atoms with van der Waals surface area (Å²) < 4.78 is 16.2. The summed E-state index contributed by atoms with van der Waals surface area (Å²) in [6.07, 6.45) is 2.11. The van der Waals surface area contributed by atoms with Crippen LogP contribution < -0.4 is 19.5 Å². The highest BCUT2D eigenvalue weighted by molar-refractivity contribution is 5.98. The number of carbonyl (C=O) groups excluding carboxylic acids is 1. The number of hydrogen-bond donors (Lipinski definition) is 1. The lowest BCUT2D eigenvalue weighted by atomic mass is 9.92. The standard InChI is InChI=1S/C18H26N2O4/c1-22-15-5-4-14(16(23-2)17(15)24-3)18(21)20-8-6-12-10-19-11-13(12)7-9-20/h4-5,12-13,19H,6-11H2,1-3H3/t12-,13+. The van der Waals surface area contributed by atoms with Gasteiger partial charge in [0.1, 0.15) is 0 Å². The van der Waals surface area contributed by atoms with Crippen molar-refractivity contribution in [3.63, 3.8) is 0 Å². The number of rotatable bonds is 4. The molecule has 1 aromatic carbocycles. The Bertz CT molecular complexity index is 591. The Balaban J connectivity index is 1.84. The predicted octanol–water partition coefficient (Wildman–Crippen LogP) is 1.78. The molecule has 0 unspecified atom stereocenters. The third-order valence-electron chi connectivity index (χ3n) is 5.24. The van der Waals surface area contributed by atoms with E-state index in [1.807, 2.05) is 4.90 Å². The summed E-state index contributed by atoms with van der Waals surface area (Å²) in [5, 5.41) is 3.46. The molecule has 2 fully saturated rings. The van der Waals surface area contributed by atoms with Crippen molar-refractivity contribution < 1.29 is 19.0 Å². The maximum absolute atomic E-state index is 13.1. The molecule has 132 valence electrons. The molecule has 0 saturated carbocycles. The summed E-state index contributed by atoms with van der Waals surface area (Å²) in [4.78, 5) is 15.0. The zero-order chi connectivity index (χ0) is 17.1. The number of methoxy groups -OCH3 is 3. The van der Waals surface area contributed by atoms with Gasteiger partial charge in [-0.2, -0.15) is 0 Å². The van der Waals surface area contributed by atoms with Crippen molar-refractivity contribution in [1.82, 2.24) is 10.2 Å². The first kappa shape index (κ1) is 16.9. The van der Waals surface area contributed by atoms with Crippen molar-refractivity contribution in [2.45, 2.75) is 12.8 Å². The molecule has 0 aromatic heterocycles. The smallest absolute Gasteiger partial charge is 0.257 e. The second-order valence-electron chi connectivity index (χ2n) is 6.43. The van der Waals surface area contributed by atoms with Gasteiger partial charge in [-0.05, 0) is 49.9 Å². The van der Waals surface area contributed by atoms with Crippen LogP contribution in [0.2, 0.25) is 0 Å². The molecule has 1 aromatic rings. The summed E-state index contributed by atoms with van der Waals surface area (Å²) in [7, 11) is 4.67. The molecule has 0 spiro atoms. The second-order valence-corrected chi connectivity index (χ2v) is 6.43. The molecular formula is C18H26N2O4. The predicted molar refractivity (Wildman–Crippen MR) is 91.1 cm³/mol. The molecule has 2 aliphatic rings. The third kappa shape index (κ3) is 3.02. The number of carbonyl (C=O) groups is 1. The van der Waals surface area contributed by atoms with Gasteiger partial charge in [0, 0.05) is 13.1 Å². The SMILES string of the molecule is COc1ccc(C(=O)N2CC[C@@H]3CNC[C@@H]3CC2)c(OC)c1OC. The van der Waals surface area contributed by atoms with Gasteiger partial charge in [0.25, 0.3) is 5.91 Å². The summed E-state index contributed by atoms with van der Waals surface area (Å²) in [6, 6.07) is 3.51. The minimum atomic E-state index is 0.000681. The summed E-state index contributed by atoms with van der Waals surface area (Å²) in [5.74, 6) is 2.84. The van der Waals surface area contributed by atoms with E-state index in [0.717, 1.165) is 39.0 Å². The van der Waals surface area contributed by atoms with Gasteiger partial charge in [0.2, 0.25) is 5.75 Å². The topological polar surface area (TPSA) is 60.0 Å². The highest BCUT2D eigenvalue weighted by Gasteiger charge is 2.33. The molecule has 6 heteroatoms. The molecule has 0 radical (unpaired) electrons. The minimum absolute atomic E-state index is 0.000681. The van der Waals surface area contributed by atoms with Crippen LogP contribution in [0.3, 0.4) is 0 Å². The number of nitrogens with zero attached hydrogens (tertiary/aromatic N) is 1. The maximum atomic E-state index is 13.1. The van der Waals surface area contributed by atoms with Gasteiger partial charge in [0.05, 0.1) is 26.9 Å². The minimum Gasteiger partial charge on any atom is -0.493 e. The highest BCUT2D eigenvalue weighted by Crippen LogP contribution is 2.40. The fraction of sp³-hybridized carbons (Fsp3) is 0.611.